The zero-order chi connectivity index (χ0) is 24.3. The number of hydrogen-bond acceptors (Lipinski definition) is 5. The van der Waals surface area contributed by atoms with Gasteiger partial charge in [0.1, 0.15) is 19.0 Å². The molecule has 0 spiro atoms. The van der Waals surface area contributed by atoms with Gasteiger partial charge in [-0.3, -0.25) is 9.10 Å². The highest BCUT2D eigenvalue weighted by atomic mass is 32.2. The second-order valence-electron chi connectivity index (χ2n) is 8.02. The molecule has 0 aliphatic carbocycles. The first-order chi connectivity index (χ1) is 16.2. The van der Waals surface area contributed by atoms with E-state index >= 15 is 0 Å². The largest absolute Gasteiger partial charge is 0.486 e. The maximum absolute atomic E-state index is 14.2. The molecule has 4 rings (SSSR count). The number of para-hydroxylation sites is 1. The highest BCUT2D eigenvalue weighted by molar-refractivity contribution is 7.92. The van der Waals surface area contributed by atoms with E-state index in [2.05, 4.69) is 5.32 Å². The molecule has 34 heavy (non-hydrogen) atoms. The first-order valence-corrected chi connectivity index (χ1v) is 12.6. The Morgan fingerprint density at radius 3 is 2.38 bits per heavy atom. The van der Waals surface area contributed by atoms with Crippen molar-refractivity contribution in [2.45, 2.75) is 19.5 Å². The summed E-state index contributed by atoms with van der Waals surface area (Å²) in [6.45, 7) is 2.80. The maximum Gasteiger partial charge on any atom is 0.251 e. The molecule has 7 nitrogen and oxygen atoms in total. The lowest BCUT2D eigenvalue weighted by atomic mass is 10.1. The Hall–Kier alpha value is -3.59. The molecule has 0 saturated carbocycles. The molecule has 9 heteroatoms. The molecule has 1 N–H and O–H groups in total. The highest BCUT2D eigenvalue weighted by Crippen LogP contribution is 2.32. The van der Waals surface area contributed by atoms with Crippen LogP contribution >= 0.6 is 0 Å². The number of carbonyl (C=O) groups excluding carboxylic acids is 1. The quantitative estimate of drug-likeness (QED) is 0.547. The van der Waals surface area contributed by atoms with E-state index in [1.54, 1.807) is 30.3 Å². The minimum atomic E-state index is -3.72. The molecule has 0 aromatic heterocycles. The van der Waals surface area contributed by atoms with Crippen LogP contribution in [0.4, 0.5) is 10.1 Å². The lowest BCUT2D eigenvalue weighted by molar-refractivity contribution is 0.0939. The summed E-state index contributed by atoms with van der Waals surface area (Å²) in [7, 11) is -3.72. The van der Waals surface area contributed by atoms with E-state index in [0.29, 0.717) is 35.8 Å². The average molecular weight is 485 g/mol. The van der Waals surface area contributed by atoms with Gasteiger partial charge in [-0.15, -0.1) is 0 Å². The van der Waals surface area contributed by atoms with Crippen LogP contribution in [0.5, 0.6) is 11.5 Å². The number of amides is 1. The van der Waals surface area contributed by atoms with Crippen LogP contribution in [0.2, 0.25) is 0 Å². The van der Waals surface area contributed by atoms with Gasteiger partial charge in [0.2, 0.25) is 10.0 Å². The number of halogens is 1. The van der Waals surface area contributed by atoms with E-state index in [1.807, 2.05) is 25.1 Å². The van der Waals surface area contributed by atoms with Crippen molar-refractivity contribution in [3.05, 3.63) is 89.2 Å². The number of sulfonamides is 1. The summed E-state index contributed by atoms with van der Waals surface area (Å²) in [5.41, 5.74) is 1.89. The average Bonchev–Trinajstić information content (AvgIpc) is 2.82. The van der Waals surface area contributed by atoms with Crippen molar-refractivity contribution in [2.24, 2.45) is 0 Å². The number of ether oxygens (including phenoxy) is 2. The molecule has 3 aromatic carbocycles. The summed E-state index contributed by atoms with van der Waals surface area (Å²) < 4.78 is 50.9. The highest BCUT2D eigenvalue weighted by Gasteiger charge is 2.21. The van der Waals surface area contributed by atoms with Crippen molar-refractivity contribution >= 4 is 21.6 Å². The summed E-state index contributed by atoms with van der Waals surface area (Å²) in [5, 5.41) is 2.95. The van der Waals surface area contributed by atoms with Crippen LogP contribution in [0.15, 0.2) is 66.7 Å². The van der Waals surface area contributed by atoms with E-state index in [4.69, 9.17) is 9.47 Å². The zero-order valence-corrected chi connectivity index (χ0v) is 19.6. The molecule has 0 radical (unpaired) electrons. The third-order valence-electron chi connectivity index (χ3n) is 5.48. The Labute approximate surface area is 198 Å². The molecule has 0 saturated heterocycles. The molecule has 178 valence electrons. The number of carbonyl (C=O) groups is 1. The van der Waals surface area contributed by atoms with Crippen LogP contribution in [-0.2, 0) is 16.6 Å². The Kier molecular flexibility index (Phi) is 6.74. The fourth-order valence-electron chi connectivity index (χ4n) is 3.66. The van der Waals surface area contributed by atoms with E-state index in [9.17, 15) is 17.6 Å². The summed E-state index contributed by atoms with van der Waals surface area (Å²) in [4.78, 5) is 12.8. The van der Waals surface area contributed by atoms with E-state index < -0.39 is 15.8 Å². The van der Waals surface area contributed by atoms with E-state index in [1.165, 1.54) is 18.2 Å². The van der Waals surface area contributed by atoms with Gasteiger partial charge in [0.25, 0.3) is 5.91 Å². The smallest absolute Gasteiger partial charge is 0.251 e. The van der Waals surface area contributed by atoms with Crippen LogP contribution in [0.1, 0.15) is 34.5 Å². The molecule has 1 aliphatic rings. The number of hydrogen-bond donors (Lipinski definition) is 1. The second kappa shape index (κ2) is 9.72. The van der Waals surface area contributed by atoms with Crippen LogP contribution < -0.4 is 19.1 Å². The lowest BCUT2D eigenvalue weighted by Gasteiger charge is -2.23. The third-order valence-corrected chi connectivity index (χ3v) is 6.60. The maximum atomic E-state index is 14.2. The lowest BCUT2D eigenvalue weighted by Crippen LogP contribution is -2.30. The molecule has 1 atom stereocenters. The third kappa shape index (κ3) is 5.31. The normalized spacial score (nSPS) is 13.7. The van der Waals surface area contributed by atoms with Gasteiger partial charge in [-0.2, -0.15) is 0 Å². The van der Waals surface area contributed by atoms with Crippen LogP contribution in [0.25, 0.3) is 0 Å². The second-order valence-corrected chi connectivity index (χ2v) is 9.92. The van der Waals surface area contributed by atoms with E-state index in [-0.39, 0.29) is 24.2 Å². The number of fused-ring (bicyclic) bond motifs is 1. The Balaban J connectivity index is 1.45. The van der Waals surface area contributed by atoms with Gasteiger partial charge in [0.05, 0.1) is 24.5 Å². The zero-order valence-electron chi connectivity index (χ0n) is 18.8. The van der Waals surface area contributed by atoms with Crippen molar-refractivity contribution < 1.29 is 27.1 Å². The summed E-state index contributed by atoms with van der Waals surface area (Å²) >= 11 is 0. The molecule has 0 bridgehead atoms. The van der Waals surface area contributed by atoms with Crippen molar-refractivity contribution in [1.29, 1.82) is 0 Å². The van der Waals surface area contributed by atoms with Crippen LogP contribution in [-0.4, -0.2) is 33.8 Å². The SMILES string of the molecule is CC(NC(=O)c1ccc(CN(c2ccccc2F)S(C)(=O)=O)cc1)c1ccc2c(c1)OCCO2. The van der Waals surface area contributed by atoms with Gasteiger partial charge in [-0.25, -0.2) is 12.8 Å². The molecule has 1 aliphatic heterocycles. The molecule has 1 heterocycles. The number of nitrogens with zero attached hydrogens (tertiary/aromatic N) is 1. The summed E-state index contributed by atoms with van der Waals surface area (Å²) in [5.74, 6) is 0.433. The van der Waals surface area contributed by atoms with E-state index in [0.717, 1.165) is 16.1 Å². The molecular formula is C25H25FN2O5S. The predicted octanol–water partition coefficient (Wildman–Crippen LogP) is 4.05. The molecule has 1 unspecified atom stereocenters. The molecular weight excluding hydrogens is 459 g/mol. The van der Waals surface area contributed by atoms with Crippen molar-refractivity contribution in [1.82, 2.24) is 5.32 Å². The van der Waals surface area contributed by atoms with Crippen LogP contribution in [0.3, 0.4) is 0 Å². The van der Waals surface area contributed by atoms with Gasteiger partial charge < -0.3 is 14.8 Å². The minimum Gasteiger partial charge on any atom is -0.486 e. The topological polar surface area (TPSA) is 84.9 Å². The number of benzene rings is 3. The van der Waals surface area contributed by atoms with Crippen molar-refractivity contribution in [3.63, 3.8) is 0 Å². The fraction of sp³-hybridized carbons (Fsp3) is 0.240. The number of nitrogens with one attached hydrogen (secondary N) is 1. The van der Waals surface area contributed by atoms with Crippen molar-refractivity contribution in [2.75, 3.05) is 23.8 Å². The van der Waals surface area contributed by atoms with Crippen molar-refractivity contribution in [3.8, 4) is 11.5 Å². The predicted molar refractivity (Wildman–Crippen MR) is 127 cm³/mol. The Morgan fingerprint density at radius 1 is 1.03 bits per heavy atom. The van der Waals surface area contributed by atoms with Gasteiger partial charge in [-0.05, 0) is 54.4 Å². The van der Waals surface area contributed by atoms with Gasteiger partial charge in [0.15, 0.2) is 11.5 Å². The number of rotatable bonds is 7. The fourth-order valence-corrected chi connectivity index (χ4v) is 4.54. The molecule has 1 amide bonds. The summed E-state index contributed by atoms with van der Waals surface area (Å²) in [6.07, 6.45) is 1.03. The Bertz CT molecular complexity index is 1290. The first kappa shape index (κ1) is 23.6. The van der Waals surface area contributed by atoms with Gasteiger partial charge in [-0.1, -0.05) is 30.3 Å². The van der Waals surface area contributed by atoms with Crippen LogP contribution in [0, 0.1) is 5.82 Å². The van der Waals surface area contributed by atoms with Gasteiger partial charge >= 0.3 is 0 Å². The first-order valence-electron chi connectivity index (χ1n) is 10.7. The summed E-state index contributed by atoms with van der Waals surface area (Å²) in [6, 6.07) is 17.5. The molecule has 3 aromatic rings. The Morgan fingerprint density at radius 2 is 1.71 bits per heavy atom. The number of anilines is 1. The monoisotopic (exact) mass is 484 g/mol. The van der Waals surface area contributed by atoms with Gasteiger partial charge in [0, 0.05) is 5.56 Å². The molecule has 0 fully saturated rings. The standard InChI is InChI=1S/C25H25FN2O5S/c1-17(20-11-12-23-24(15-20)33-14-13-32-23)27-25(29)19-9-7-18(8-10-19)16-28(34(2,30)31)22-6-4-3-5-21(22)26/h3-12,15,17H,13-14,16H2,1-2H3,(H,27,29). The minimum absolute atomic E-state index is 0.0277.